The van der Waals surface area contributed by atoms with Gasteiger partial charge in [0.05, 0.1) is 4.90 Å². The minimum absolute atomic E-state index is 0.0314. The molecule has 138 valence electrons. The molecule has 2 N–H and O–H groups in total. The molecule has 0 fully saturated rings. The molecule has 0 aliphatic carbocycles. The van der Waals surface area contributed by atoms with Gasteiger partial charge in [0, 0.05) is 24.9 Å². The first-order valence-electron chi connectivity index (χ1n) is 7.84. The van der Waals surface area contributed by atoms with Gasteiger partial charge in [-0.15, -0.1) is 0 Å². The van der Waals surface area contributed by atoms with Crippen molar-refractivity contribution >= 4 is 27.3 Å². The molecule has 0 spiro atoms. The van der Waals surface area contributed by atoms with Crippen molar-refractivity contribution < 1.29 is 22.7 Å². The lowest BCUT2D eigenvalue weighted by Crippen LogP contribution is -2.37. The summed E-state index contributed by atoms with van der Waals surface area (Å²) in [5.41, 5.74) is 5.81. The molecule has 0 saturated carbocycles. The molecule has 7 nitrogen and oxygen atoms in total. The lowest BCUT2D eigenvalue weighted by molar-refractivity contribution is -0.120. The van der Waals surface area contributed by atoms with Crippen LogP contribution in [-0.2, 0) is 19.4 Å². The number of carbonyl (C=O) groups excluding carboxylic acids is 2. The SMILES string of the molecule is CS(=O)(=O)c1ccc(OCC(=O)N(CCC(N)=O)c2ccccc2)cc1. The predicted octanol–water partition coefficient (Wildman–Crippen LogP) is 1.38. The van der Waals surface area contributed by atoms with Crippen molar-refractivity contribution in [2.45, 2.75) is 11.3 Å². The minimum atomic E-state index is -3.29. The highest BCUT2D eigenvalue weighted by atomic mass is 32.2. The number of para-hydroxylation sites is 1. The Kier molecular flexibility index (Phi) is 6.35. The van der Waals surface area contributed by atoms with E-state index in [9.17, 15) is 18.0 Å². The fourth-order valence-corrected chi connectivity index (χ4v) is 2.86. The Morgan fingerprint density at radius 1 is 1.04 bits per heavy atom. The molecule has 26 heavy (non-hydrogen) atoms. The van der Waals surface area contributed by atoms with Crippen LogP contribution in [-0.4, -0.2) is 39.6 Å². The lowest BCUT2D eigenvalue weighted by Gasteiger charge is -2.22. The Labute approximate surface area is 152 Å². The number of sulfone groups is 1. The highest BCUT2D eigenvalue weighted by Gasteiger charge is 2.17. The number of nitrogens with zero attached hydrogens (tertiary/aromatic N) is 1. The van der Waals surface area contributed by atoms with Gasteiger partial charge in [-0.1, -0.05) is 18.2 Å². The number of carbonyl (C=O) groups is 2. The minimum Gasteiger partial charge on any atom is -0.484 e. The van der Waals surface area contributed by atoms with E-state index in [2.05, 4.69) is 0 Å². The molecule has 0 bridgehead atoms. The Morgan fingerprint density at radius 2 is 1.65 bits per heavy atom. The van der Waals surface area contributed by atoms with E-state index < -0.39 is 15.7 Å². The molecule has 0 aromatic heterocycles. The summed E-state index contributed by atoms with van der Waals surface area (Å²) in [6.45, 7) is -0.111. The zero-order chi connectivity index (χ0) is 19.2. The molecule has 0 aliphatic heterocycles. The van der Waals surface area contributed by atoms with Crippen LogP contribution in [0.15, 0.2) is 59.5 Å². The van der Waals surface area contributed by atoms with E-state index in [1.54, 1.807) is 24.3 Å². The maximum absolute atomic E-state index is 12.5. The van der Waals surface area contributed by atoms with E-state index >= 15 is 0 Å². The number of benzene rings is 2. The van der Waals surface area contributed by atoms with Crippen LogP contribution >= 0.6 is 0 Å². The van der Waals surface area contributed by atoms with Gasteiger partial charge in [0.25, 0.3) is 5.91 Å². The van der Waals surface area contributed by atoms with E-state index in [0.29, 0.717) is 11.4 Å². The third-order valence-corrected chi connectivity index (χ3v) is 4.69. The summed E-state index contributed by atoms with van der Waals surface area (Å²) in [4.78, 5) is 25.2. The summed E-state index contributed by atoms with van der Waals surface area (Å²) < 4.78 is 28.3. The van der Waals surface area contributed by atoms with E-state index in [-0.39, 0.29) is 30.4 Å². The summed E-state index contributed by atoms with van der Waals surface area (Å²) in [5.74, 6) is -0.477. The molecule has 2 aromatic rings. The van der Waals surface area contributed by atoms with E-state index in [1.165, 1.54) is 29.2 Å². The Hall–Kier alpha value is -2.87. The van der Waals surface area contributed by atoms with Crippen molar-refractivity contribution in [1.82, 2.24) is 0 Å². The van der Waals surface area contributed by atoms with E-state index in [4.69, 9.17) is 10.5 Å². The number of hydrogen-bond donors (Lipinski definition) is 1. The second kappa shape index (κ2) is 8.48. The van der Waals surface area contributed by atoms with Gasteiger partial charge in [-0.2, -0.15) is 0 Å². The summed E-state index contributed by atoms with van der Waals surface area (Å²) in [6, 6.07) is 14.7. The summed E-state index contributed by atoms with van der Waals surface area (Å²) in [5, 5.41) is 0. The number of nitrogens with two attached hydrogens (primary N) is 1. The zero-order valence-electron chi connectivity index (χ0n) is 14.3. The van der Waals surface area contributed by atoms with Gasteiger partial charge in [0.15, 0.2) is 16.4 Å². The molecular weight excluding hydrogens is 356 g/mol. The number of hydrogen-bond acceptors (Lipinski definition) is 5. The lowest BCUT2D eigenvalue weighted by atomic mass is 10.2. The van der Waals surface area contributed by atoms with Gasteiger partial charge in [-0.25, -0.2) is 8.42 Å². The molecule has 0 saturated heterocycles. The van der Waals surface area contributed by atoms with Crippen LogP contribution in [0.1, 0.15) is 6.42 Å². The Morgan fingerprint density at radius 3 is 2.19 bits per heavy atom. The van der Waals surface area contributed by atoms with Crippen LogP contribution in [0.4, 0.5) is 5.69 Å². The zero-order valence-corrected chi connectivity index (χ0v) is 15.1. The topological polar surface area (TPSA) is 107 Å². The van der Waals surface area contributed by atoms with Crippen LogP contribution in [0.25, 0.3) is 0 Å². The van der Waals surface area contributed by atoms with Gasteiger partial charge in [0.2, 0.25) is 5.91 Å². The normalized spacial score (nSPS) is 11.0. The van der Waals surface area contributed by atoms with Crippen LogP contribution in [0.5, 0.6) is 5.75 Å². The number of anilines is 1. The summed E-state index contributed by atoms with van der Waals surface area (Å²) >= 11 is 0. The fourth-order valence-electron chi connectivity index (χ4n) is 2.23. The monoisotopic (exact) mass is 376 g/mol. The van der Waals surface area contributed by atoms with Gasteiger partial charge in [0.1, 0.15) is 5.75 Å². The largest absolute Gasteiger partial charge is 0.484 e. The molecule has 0 unspecified atom stereocenters. The van der Waals surface area contributed by atoms with Gasteiger partial charge >= 0.3 is 0 Å². The fraction of sp³-hybridized carbons (Fsp3) is 0.222. The summed E-state index contributed by atoms with van der Waals surface area (Å²) in [7, 11) is -3.29. The predicted molar refractivity (Wildman–Crippen MR) is 97.7 cm³/mol. The molecule has 0 aliphatic rings. The number of primary amides is 1. The molecule has 0 atom stereocenters. The average molecular weight is 376 g/mol. The van der Waals surface area contributed by atoms with Gasteiger partial charge in [-0.3, -0.25) is 9.59 Å². The highest BCUT2D eigenvalue weighted by molar-refractivity contribution is 7.90. The highest BCUT2D eigenvalue weighted by Crippen LogP contribution is 2.17. The third-order valence-electron chi connectivity index (χ3n) is 3.56. The van der Waals surface area contributed by atoms with Crippen molar-refractivity contribution in [2.75, 3.05) is 24.3 Å². The van der Waals surface area contributed by atoms with Crippen molar-refractivity contribution in [3.63, 3.8) is 0 Å². The van der Waals surface area contributed by atoms with Crippen molar-refractivity contribution in [3.8, 4) is 5.75 Å². The summed E-state index contributed by atoms with van der Waals surface area (Å²) in [6.07, 6.45) is 1.15. The maximum Gasteiger partial charge on any atom is 0.264 e. The van der Waals surface area contributed by atoms with Crippen molar-refractivity contribution in [1.29, 1.82) is 0 Å². The average Bonchev–Trinajstić information content (AvgIpc) is 2.60. The number of rotatable bonds is 8. The Bertz CT molecular complexity index is 864. The molecule has 2 rings (SSSR count). The second-order valence-electron chi connectivity index (χ2n) is 5.63. The molecule has 0 heterocycles. The quantitative estimate of drug-likeness (QED) is 0.749. The third kappa shape index (κ3) is 5.59. The van der Waals surface area contributed by atoms with Crippen LogP contribution in [0, 0.1) is 0 Å². The Balaban J connectivity index is 2.05. The molecule has 2 amide bonds. The molecule has 2 aromatic carbocycles. The van der Waals surface area contributed by atoms with Gasteiger partial charge < -0.3 is 15.4 Å². The van der Waals surface area contributed by atoms with Crippen LogP contribution in [0.3, 0.4) is 0 Å². The molecular formula is C18H20N2O5S. The van der Waals surface area contributed by atoms with Crippen LogP contribution < -0.4 is 15.4 Å². The smallest absolute Gasteiger partial charge is 0.264 e. The van der Waals surface area contributed by atoms with Crippen molar-refractivity contribution in [3.05, 3.63) is 54.6 Å². The first kappa shape index (κ1) is 19.5. The number of ether oxygens (including phenoxy) is 1. The molecule has 8 heteroatoms. The number of amides is 2. The van der Waals surface area contributed by atoms with Gasteiger partial charge in [-0.05, 0) is 36.4 Å². The van der Waals surface area contributed by atoms with Crippen LogP contribution in [0.2, 0.25) is 0 Å². The first-order chi connectivity index (χ1) is 12.3. The molecule has 0 radical (unpaired) electrons. The second-order valence-corrected chi connectivity index (χ2v) is 7.65. The van der Waals surface area contributed by atoms with E-state index in [1.807, 2.05) is 6.07 Å². The first-order valence-corrected chi connectivity index (χ1v) is 9.73. The van der Waals surface area contributed by atoms with E-state index in [0.717, 1.165) is 6.26 Å². The standard InChI is InChI=1S/C18H20N2O5S/c1-26(23,24)16-9-7-15(8-10-16)25-13-18(22)20(12-11-17(19)21)14-5-3-2-4-6-14/h2-10H,11-13H2,1H3,(H2,19,21). The van der Waals surface area contributed by atoms with Crippen molar-refractivity contribution in [2.24, 2.45) is 5.73 Å². The maximum atomic E-state index is 12.5.